The third-order valence-electron chi connectivity index (χ3n) is 6.83. The maximum atomic E-state index is 4.59. The molecule has 36 heavy (non-hydrogen) atoms. The monoisotopic (exact) mass is 467 g/mol. The van der Waals surface area contributed by atoms with Crippen LogP contribution in [0.3, 0.4) is 0 Å². The number of rotatable bonds is 7. The molecule has 176 valence electrons. The molecule has 0 bridgehead atoms. The van der Waals surface area contributed by atoms with Gasteiger partial charge in [0.25, 0.3) is 0 Å². The van der Waals surface area contributed by atoms with Crippen molar-refractivity contribution in [2.45, 2.75) is 26.3 Å². The van der Waals surface area contributed by atoms with E-state index in [1.807, 2.05) is 18.3 Å². The van der Waals surface area contributed by atoms with Crippen LogP contribution in [0.1, 0.15) is 19.8 Å². The third kappa shape index (κ3) is 4.03. The molecule has 0 aliphatic carbocycles. The number of aryl methyl sites for hydroxylation is 1. The molecule has 0 spiro atoms. The number of fused-ring (bicyclic) bond motifs is 3. The molecule has 2 heterocycles. The largest absolute Gasteiger partial charge is 0.340 e. The van der Waals surface area contributed by atoms with Gasteiger partial charge in [-0.3, -0.25) is 4.98 Å². The number of hydrogen-bond acceptors (Lipinski definition) is 2. The van der Waals surface area contributed by atoms with E-state index in [-0.39, 0.29) is 0 Å². The molecule has 0 aliphatic heterocycles. The Morgan fingerprint density at radius 1 is 0.639 bits per heavy atom. The Kier molecular flexibility index (Phi) is 5.96. The molecule has 0 atom stereocenters. The van der Waals surface area contributed by atoms with Gasteiger partial charge < -0.3 is 9.47 Å². The molecule has 0 aliphatic rings. The number of hydrogen-bond donors (Lipinski definition) is 0. The fourth-order valence-electron chi connectivity index (χ4n) is 5.07. The van der Waals surface area contributed by atoms with Crippen LogP contribution in [0.5, 0.6) is 0 Å². The lowest BCUT2D eigenvalue weighted by atomic mass is 10.1. The SMILES string of the molecule is CCCCn1c2cc(-c3ccccn3)ccc2c2ccc(N(c3ccccc3)c3ccccc3)cc21. The summed E-state index contributed by atoms with van der Waals surface area (Å²) in [4.78, 5) is 6.92. The lowest BCUT2D eigenvalue weighted by Crippen LogP contribution is -2.09. The van der Waals surface area contributed by atoms with Crippen LogP contribution in [0.4, 0.5) is 17.1 Å². The number of benzene rings is 4. The van der Waals surface area contributed by atoms with E-state index >= 15 is 0 Å². The van der Waals surface area contributed by atoms with Crippen molar-refractivity contribution in [3.8, 4) is 11.3 Å². The summed E-state index contributed by atoms with van der Waals surface area (Å²) in [5.74, 6) is 0. The molecule has 0 amide bonds. The second-order valence-electron chi connectivity index (χ2n) is 9.16. The molecule has 0 fully saturated rings. The summed E-state index contributed by atoms with van der Waals surface area (Å²) in [5, 5.41) is 2.58. The van der Waals surface area contributed by atoms with Gasteiger partial charge in [-0.15, -0.1) is 0 Å². The Hall–Kier alpha value is -4.37. The lowest BCUT2D eigenvalue weighted by Gasteiger charge is -2.25. The molecule has 6 aromatic rings. The minimum Gasteiger partial charge on any atom is -0.340 e. The molecule has 6 rings (SSSR count). The van der Waals surface area contributed by atoms with Gasteiger partial charge in [0, 0.05) is 51.7 Å². The fourth-order valence-corrected chi connectivity index (χ4v) is 5.07. The second kappa shape index (κ2) is 9.71. The number of unbranched alkanes of at least 4 members (excludes halogenated alkanes) is 1. The molecule has 0 saturated carbocycles. The highest BCUT2D eigenvalue weighted by molar-refractivity contribution is 6.10. The Labute approximate surface area is 212 Å². The Morgan fingerprint density at radius 2 is 1.28 bits per heavy atom. The average molecular weight is 468 g/mol. The number of para-hydroxylation sites is 2. The molecule has 0 radical (unpaired) electrons. The summed E-state index contributed by atoms with van der Waals surface area (Å²) in [6.07, 6.45) is 4.15. The van der Waals surface area contributed by atoms with Crippen LogP contribution in [0.15, 0.2) is 121 Å². The zero-order chi connectivity index (χ0) is 24.3. The molecule has 0 N–H and O–H groups in total. The van der Waals surface area contributed by atoms with Crippen molar-refractivity contribution in [2.75, 3.05) is 4.90 Å². The highest BCUT2D eigenvalue weighted by Gasteiger charge is 2.17. The van der Waals surface area contributed by atoms with E-state index in [9.17, 15) is 0 Å². The van der Waals surface area contributed by atoms with Crippen LogP contribution >= 0.6 is 0 Å². The minimum atomic E-state index is 0.988. The minimum absolute atomic E-state index is 0.988. The van der Waals surface area contributed by atoms with E-state index in [1.54, 1.807) is 0 Å². The number of pyridine rings is 1. The van der Waals surface area contributed by atoms with E-state index in [4.69, 9.17) is 0 Å². The highest BCUT2D eigenvalue weighted by atomic mass is 15.1. The predicted molar refractivity (Wildman–Crippen MR) is 152 cm³/mol. The van der Waals surface area contributed by atoms with Crippen molar-refractivity contribution in [1.82, 2.24) is 9.55 Å². The van der Waals surface area contributed by atoms with Crippen LogP contribution in [0, 0.1) is 0 Å². The van der Waals surface area contributed by atoms with Crippen molar-refractivity contribution in [2.24, 2.45) is 0 Å². The van der Waals surface area contributed by atoms with E-state index < -0.39 is 0 Å². The van der Waals surface area contributed by atoms with Crippen LogP contribution in [0.2, 0.25) is 0 Å². The number of aromatic nitrogens is 2. The standard InChI is InChI=1S/C33H29N3/c1-2-3-22-35-32-23-25(31-16-10-11-21-34-31)17-19-29(32)30-20-18-28(24-33(30)35)36(26-12-6-4-7-13-26)27-14-8-5-9-15-27/h4-21,23-24H,2-3,22H2,1H3. The summed E-state index contributed by atoms with van der Waals surface area (Å²) in [6, 6.07) is 40.9. The summed E-state index contributed by atoms with van der Waals surface area (Å²) in [7, 11) is 0. The Bertz CT molecular complexity index is 1560. The highest BCUT2D eigenvalue weighted by Crippen LogP contribution is 2.39. The molecule has 3 heteroatoms. The number of anilines is 3. The van der Waals surface area contributed by atoms with Gasteiger partial charge in [0.15, 0.2) is 0 Å². The van der Waals surface area contributed by atoms with Crippen LogP contribution in [-0.2, 0) is 6.54 Å². The van der Waals surface area contributed by atoms with Gasteiger partial charge in [-0.05, 0) is 61.0 Å². The first-order valence-electron chi connectivity index (χ1n) is 12.7. The van der Waals surface area contributed by atoms with Gasteiger partial charge in [0.05, 0.1) is 11.2 Å². The Balaban J connectivity index is 1.56. The van der Waals surface area contributed by atoms with Crippen molar-refractivity contribution in [1.29, 1.82) is 0 Å². The zero-order valence-corrected chi connectivity index (χ0v) is 20.5. The molecule has 2 aromatic heterocycles. The predicted octanol–water partition coefficient (Wildman–Crippen LogP) is 9.13. The van der Waals surface area contributed by atoms with Gasteiger partial charge in [0.1, 0.15) is 0 Å². The first-order chi connectivity index (χ1) is 17.8. The smallest absolute Gasteiger partial charge is 0.0702 e. The van der Waals surface area contributed by atoms with Crippen molar-refractivity contribution in [3.63, 3.8) is 0 Å². The Morgan fingerprint density at radius 3 is 1.92 bits per heavy atom. The molecular formula is C33H29N3. The van der Waals surface area contributed by atoms with Gasteiger partial charge in [-0.1, -0.05) is 74.0 Å². The molecular weight excluding hydrogens is 438 g/mol. The molecule has 3 nitrogen and oxygen atoms in total. The van der Waals surface area contributed by atoms with Crippen molar-refractivity contribution in [3.05, 3.63) is 121 Å². The van der Waals surface area contributed by atoms with Crippen molar-refractivity contribution < 1.29 is 0 Å². The quantitative estimate of drug-likeness (QED) is 0.233. The summed E-state index contributed by atoms with van der Waals surface area (Å²) in [6.45, 7) is 3.24. The van der Waals surface area contributed by atoms with Crippen LogP contribution in [0.25, 0.3) is 33.1 Å². The second-order valence-corrected chi connectivity index (χ2v) is 9.16. The van der Waals surface area contributed by atoms with E-state index in [0.717, 1.165) is 47.7 Å². The fraction of sp³-hybridized carbons (Fsp3) is 0.121. The topological polar surface area (TPSA) is 21.1 Å². The van der Waals surface area contributed by atoms with E-state index in [0.29, 0.717) is 0 Å². The average Bonchev–Trinajstić information content (AvgIpc) is 3.26. The van der Waals surface area contributed by atoms with Gasteiger partial charge in [0.2, 0.25) is 0 Å². The van der Waals surface area contributed by atoms with E-state index in [1.165, 1.54) is 21.8 Å². The van der Waals surface area contributed by atoms with Gasteiger partial charge >= 0.3 is 0 Å². The maximum Gasteiger partial charge on any atom is 0.0702 e. The first-order valence-corrected chi connectivity index (χ1v) is 12.7. The van der Waals surface area contributed by atoms with E-state index in [2.05, 4.69) is 125 Å². The van der Waals surface area contributed by atoms with Crippen molar-refractivity contribution >= 4 is 38.9 Å². The lowest BCUT2D eigenvalue weighted by molar-refractivity contribution is 0.665. The molecule has 4 aromatic carbocycles. The normalized spacial score (nSPS) is 11.2. The summed E-state index contributed by atoms with van der Waals surface area (Å²) in [5.41, 5.74) is 8.15. The van der Waals surface area contributed by atoms with Gasteiger partial charge in [-0.25, -0.2) is 0 Å². The summed E-state index contributed by atoms with van der Waals surface area (Å²) >= 11 is 0. The summed E-state index contributed by atoms with van der Waals surface area (Å²) < 4.78 is 2.50. The first kappa shape index (κ1) is 22.1. The maximum absolute atomic E-state index is 4.59. The molecule has 0 unspecified atom stereocenters. The van der Waals surface area contributed by atoms with Crippen LogP contribution < -0.4 is 4.90 Å². The molecule has 0 saturated heterocycles. The van der Waals surface area contributed by atoms with Crippen LogP contribution in [-0.4, -0.2) is 9.55 Å². The third-order valence-corrected chi connectivity index (χ3v) is 6.83. The van der Waals surface area contributed by atoms with Gasteiger partial charge in [-0.2, -0.15) is 0 Å². The zero-order valence-electron chi connectivity index (χ0n) is 20.5. The number of nitrogens with zero attached hydrogens (tertiary/aromatic N) is 3.